The predicted octanol–water partition coefficient (Wildman–Crippen LogP) is 2.17. The smallest absolute Gasteiger partial charge is 0.237 e. The molecule has 0 saturated carbocycles. The van der Waals surface area contributed by atoms with E-state index in [9.17, 15) is 4.79 Å². The van der Waals surface area contributed by atoms with Crippen LogP contribution in [0.1, 0.15) is 51.9 Å². The van der Waals surface area contributed by atoms with E-state index in [0.29, 0.717) is 0 Å². The van der Waals surface area contributed by atoms with Gasteiger partial charge in [-0.25, -0.2) is 0 Å². The highest BCUT2D eigenvalue weighted by Crippen LogP contribution is 2.18. The molecule has 3 heteroatoms. The number of nitrogens with one attached hydrogen (secondary N) is 1. The van der Waals surface area contributed by atoms with Crippen molar-refractivity contribution in [3.05, 3.63) is 0 Å². The van der Waals surface area contributed by atoms with Crippen LogP contribution in [0.15, 0.2) is 0 Å². The zero-order chi connectivity index (χ0) is 11.8. The lowest BCUT2D eigenvalue weighted by molar-refractivity contribution is -0.127. The van der Waals surface area contributed by atoms with Gasteiger partial charge in [0.15, 0.2) is 0 Å². The maximum atomic E-state index is 11.7. The van der Waals surface area contributed by atoms with E-state index in [2.05, 4.69) is 17.1 Å². The van der Waals surface area contributed by atoms with E-state index in [1.807, 2.05) is 0 Å². The van der Waals surface area contributed by atoms with E-state index in [-0.39, 0.29) is 11.9 Å². The molecule has 0 unspecified atom stereocenters. The van der Waals surface area contributed by atoms with Crippen molar-refractivity contribution in [2.45, 2.75) is 57.9 Å². The van der Waals surface area contributed by atoms with Crippen LogP contribution in [0.4, 0.5) is 0 Å². The van der Waals surface area contributed by atoms with Crippen molar-refractivity contribution in [1.29, 1.82) is 0 Å². The third-order valence-electron chi connectivity index (χ3n) is 3.46. The van der Waals surface area contributed by atoms with Crippen LogP contribution in [-0.4, -0.2) is 37.0 Å². The van der Waals surface area contributed by atoms with Crippen LogP contribution in [0, 0.1) is 0 Å². The summed E-state index contributed by atoms with van der Waals surface area (Å²) in [7, 11) is 1.74. The molecule has 0 aromatic rings. The highest BCUT2D eigenvalue weighted by atomic mass is 16.2. The Labute approximate surface area is 99.6 Å². The first-order chi connectivity index (χ1) is 7.79. The molecule has 1 fully saturated rings. The van der Waals surface area contributed by atoms with Crippen molar-refractivity contribution >= 4 is 5.91 Å². The summed E-state index contributed by atoms with van der Waals surface area (Å²) < 4.78 is 0. The van der Waals surface area contributed by atoms with Crippen molar-refractivity contribution < 1.29 is 4.79 Å². The molecule has 16 heavy (non-hydrogen) atoms. The van der Waals surface area contributed by atoms with Gasteiger partial charge in [0.25, 0.3) is 0 Å². The Morgan fingerprint density at radius 3 is 2.81 bits per heavy atom. The average Bonchev–Trinajstić information content (AvgIpc) is 2.34. The lowest BCUT2D eigenvalue weighted by Crippen LogP contribution is -2.48. The predicted molar refractivity (Wildman–Crippen MR) is 67.4 cm³/mol. The number of carbonyl (C=O) groups is 1. The van der Waals surface area contributed by atoms with Gasteiger partial charge in [0.05, 0.1) is 6.04 Å². The molecule has 0 bridgehead atoms. The minimum Gasteiger partial charge on any atom is -0.358 e. The van der Waals surface area contributed by atoms with Gasteiger partial charge in [0.1, 0.15) is 0 Å². The molecule has 0 spiro atoms. The molecule has 1 saturated heterocycles. The van der Waals surface area contributed by atoms with Gasteiger partial charge in [-0.2, -0.15) is 0 Å². The van der Waals surface area contributed by atoms with Crippen LogP contribution in [0.3, 0.4) is 0 Å². The first-order valence-corrected chi connectivity index (χ1v) is 6.75. The molecule has 1 amide bonds. The summed E-state index contributed by atoms with van der Waals surface area (Å²) in [5.74, 6) is 0.204. The molecule has 0 aromatic carbocycles. The molecule has 3 nitrogen and oxygen atoms in total. The monoisotopic (exact) mass is 226 g/mol. The van der Waals surface area contributed by atoms with Crippen LogP contribution in [-0.2, 0) is 4.79 Å². The van der Waals surface area contributed by atoms with Crippen molar-refractivity contribution in [2.75, 3.05) is 20.1 Å². The fourth-order valence-corrected chi connectivity index (χ4v) is 2.46. The molecule has 1 heterocycles. The Hall–Kier alpha value is -0.570. The van der Waals surface area contributed by atoms with E-state index in [4.69, 9.17) is 0 Å². The number of piperidine rings is 1. The molecule has 1 atom stereocenters. The Morgan fingerprint density at radius 1 is 1.31 bits per heavy atom. The lowest BCUT2D eigenvalue weighted by Gasteiger charge is -2.34. The number of hydrogen-bond acceptors (Lipinski definition) is 2. The highest BCUT2D eigenvalue weighted by molar-refractivity contribution is 5.81. The van der Waals surface area contributed by atoms with E-state index in [0.717, 1.165) is 19.5 Å². The number of unbranched alkanes of at least 4 members (excludes halogenated alkanes) is 3. The van der Waals surface area contributed by atoms with Crippen LogP contribution >= 0.6 is 0 Å². The topological polar surface area (TPSA) is 32.3 Å². The summed E-state index contributed by atoms with van der Waals surface area (Å²) in [6.45, 7) is 4.43. The van der Waals surface area contributed by atoms with E-state index >= 15 is 0 Å². The first-order valence-electron chi connectivity index (χ1n) is 6.75. The van der Waals surface area contributed by atoms with Gasteiger partial charge in [0.2, 0.25) is 5.91 Å². The number of likely N-dealkylation sites (tertiary alicyclic amines) is 1. The summed E-state index contributed by atoms with van der Waals surface area (Å²) >= 11 is 0. The number of nitrogens with zero attached hydrogens (tertiary/aromatic N) is 1. The fraction of sp³-hybridized carbons (Fsp3) is 0.923. The highest BCUT2D eigenvalue weighted by Gasteiger charge is 2.26. The van der Waals surface area contributed by atoms with Gasteiger partial charge in [-0.05, 0) is 32.4 Å². The molecular weight excluding hydrogens is 200 g/mol. The second-order valence-corrected chi connectivity index (χ2v) is 4.72. The van der Waals surface area contributed by atoms with Gasteiger partial charge in [-0.3, -0.25) is 9.69 Å². The number of likely N-dealkylation sites (N-methyl/N-ethyl adjacent to an activating group) is 1. The molecule has 0 aromatic heterocycles. The average molecular weight is 226 g/mol. The van der Waals surface area contributed by atoms with Crippen molar-refractivity contribution in [1.82, 2.24) is 10.2 Å². The standard InChI is InChI=1S/C13H26N2O/c1-3-4-5-7-10-15-11-8-6-9-12(15)13(16)14-2/h12H,3-11H2,1-2H3,(H,14,16)/t12-/m0/s1. The second-order valence-electron chi connectivity index (χ2n) is 4.72. The first kappa shape index (κ1) is 13.5. The number of rotatable bonds is 6. The number of hydrogen-bond donors (Lipinski definition) is 1. The Morgan fingerprint density at radius 2 is 2.12 bits per heavy atom. The number of amides is 1. The largest absolute Gasteiger partial charge is 0.358 e. The minimum absolute atomic E-state index is 0.139. The Bertz CT molecular complexity index is 206. The molecule has 0 radical (unpaired) electrons. The van der Waals surface area contributed by atoms with Gasteiger partial charge in [-0.1, -0.05) is 32.6 Å². The zero-order valence-corrected chi connectivity index (χ0v) is 10.8. The lowest BCUT2D eigenvalue weighted by atomic mass is 10.0. The Kier molecular flexibility index (Phi) is 6.46. The normalized spacial score (nSPS) is 22.0. The van der Waals surface area contributed by atoms with Crippen molar-refractivity contribution in [3.63, 3.8) is 0 Å². The molecule has 1 aliphatic rings. The maximum absolute atomic E-state index is 11.7. The van der Waals surface area contributed by atoms with Gasteiger partial charge < -0.3 is 5.32 Å². The SMILES string of the molecule is CCCCCCN1CCCC[C@H]1C(=O)NC. The van der Waals surface area contributed by atoms with Crippen LogP contribution in [0.25, 0.3) is 0 Å². The van der Waals surface area contributed by atoms with Gasteiger partial charge >= 0.3 is 0 Å². The molecule has 1 aliphatic heterocycles. The van der Waals surface area contributed by atoms with Crippen molar-refractivity contribution in [3.8, 4) is 0 Å². The van der Waals surface area contributed by atoms with Crippen LogP contribution < -0.4 is 5.32 Å². The molecular formula is C13H26N2O. The minimum atomic E-state index is 0.139. The molecule has 0 aliphatic carbocycles. The molecule has 94 valence electrons. The third kappa shape index (κ3) is 4.12. The van der Waals surface area contributed by atoms with E-state index < -0.39 is 0 Å². The summed E-state index contributed by atoms with van der Waals surface area (Å²) in [5.41, 5.74) is 0. The Balaban J connectivity index is 2.32. The van der Waals surface area contributed by atoms with E-state index in [1.165, 1.54) is 38.5 Å². The fourth-order valence-electron chi connectivity index (χ4n) is 2.46. The summed E-state index contributed by atoms with van der Waals surface area (Å²) in [4.78, 5) is 14.1. The van der Waals surface area contributed by atoms with Crippen molar-refractivity contribution in [2.24, 2.45) is 0 Å². The molecule has 1 N–H and O–H groups in total. The number of carbonyl (C=O) groups excluding carboxylic acids is 1. The zero-order valence-electron chi connectivity index (χ0n) is 10.8. The van der Waals surface area contributed by atoms with Gasteiger partial charge in [0, 0.05) is 7.05 Å². The summed E-state index contributed by atoms with van der Waals surface area (Å²) in [5, 5.41) is 2.79. The summed E-state index contributed by atoms with van der Waals surface area (Å²) in [6.07, 6.45) is 8.62. The van der Waals surface area contributed by atoms with Gasteiger partial charge in [-0.15, -0.1) is 0 Å². The summed E-state index contributed by atoms with van der Waals surface area (Å²) in [6, 6.07) is 0.139. The quantitative estimate of drug-likeness (QED) is 0.704. The third-order valence-corrected chi connectivity index (χ3v) is 3.46. The van der Waals surface area contributed by atoms with Crippen LogP contribution in [0.5, 0.6) is 0 Å². The second kappa shape index (κ2) is 7.66. The van der Waals surface area contributed by atoms with Crippen LogP contribution in [0.2, 0.25) is 0 Å². The maximum Gasteiger partial charge on any atom is 0.237 e. The molecule has 1 rings (SSSR count). The van der Waals surface area contributed by atoms with E-state index in [1.54, 1.807) is 7.05 Å².